The summed E-state index contributed by atoms with van der Waals surface area (Å²) in [5.74, 6) is 0. The van der Waals surface area contributed by atoms with Gasteiger partial charge in [-0.05, 0) is 32.9 Å². The lowest BCUT2D eigenvalue weighted by molar-refractivity contribution is 0.0620. The quantitative estimate of drug-likeness (QED) is 0.822. The summed E-state index contributed by atoms with van der Waals surface area (Å²) in [4.78, 5) is 0. The Morgan fingerprint density at radius 2 is 2.12 bits per heavy atom. The van der Waals surface area contributed by atoms with Crippen molar-refractivity contribution in [2.75, 3.05) is 5.73 Å². The molecule has 1 heterocycles. The van der Waals surface area contributed by atoms with E-state index in [4.69, 9.17) is 10.5 Å². The molecule has 0 aliphatic heterocycles. The van der Waals surface area contributed by atoms with Crippen molar-refractivity contribution in [3.63, 3.8) is 0 Å². The average Bonchev–Trinajstić information content (AvgIpc) is 2.65. The number of rotatable bonds is 4. The Bertz CT molecular complexity index is 514. The van der Waals surface area contributed by atoms with Crippen LogP contribution in [-0.4, -0.2) is 10.7 Å². The van der Waals surface area contributed by atoms with Gasteiger partial charge in [-0.25, -0.2) is 0 Å². The number of aryl methyl sites for hydroxylation is 1. The number of nitrogens with zero attached hydrogens (tertiary/aromatic N) is 1. The highest BCUT2D eigenvalue weighted by molar-refractivity contribution is 5.91. The van der Waals surface area contributed by atoms with Crippen LogP contribution in [0.1, 0.15) is 26.5 Å². The zero-order chi connectivity index (χ0) is 12.4. The van der Waals surface area contributed by atoms with Crippen LogP contribution < -0.4 is 5.73 Å². The predicted molar refractivity (Wildman–Crippen MR) is 71.9 cm³/mol. The molecule has 92 valence electrons. The minimum atomic E-state index is 0.246. The Kier molecular flexibility index (Phi) is 3.38. The first-order valence-electron chi connectivity index (χ1n) is 6.11. The highest BCUT2D eigenvalue weighted by atomic mass is 16.5. The first-order chi connectivity index (χ1) is 8.13. The summed E-state index contributed by atoms with van der Waals surface area (Å²) in [5.41, 5.74) is 9.19. The first-order valence-corrected chi connectivity index (χ1v) is 6.11. The van der Waals surface area contributed by atoms with E-state index in [9.17, 15) is 0 Å². The van der Waals surface area contributed by atoms with Gasteiger partial charge < -0.3 is 15.0 Å². The number of fused-ring (bicyclic) bond motifs is 1. The van der Waals surface area contributed by atoms with Crippen molar-refractivity contribution in [2.45, 2.75) is 40.0 Å². The molecule has 0 saturated carbocycles. The van der Waals surface area contributed by atoms with Crippen molar-refractivity contribution in [1.29, 1.82) is 0 Å². The SMILES string of the molecule is CCn1c(COC(C)C)cc2cccc(N)c21. The fourth-order valence-corrected chi connectivity index (χ4v) is 2.14. The minimum Gasteiger partial charge on any atom is -0.397 e. The molecule has 0 aliphatic rings. The van der Waals surface area contributed by atoms with Gasteiger partial charge in [0.05, 0.1) is 23.9 Å². The van der Waals surface area contributed by atoms with E-state index in [1.54, 1.807) is 0 Å². The van der Waals surface area contributed by atoms with E-state index in [0.29, 0.717) is 6.61 Å². The summed E-state index contributed by atoms with van der Waals surface area (Å²) in [5, 5.41) is 1.19. The second-order valence-electron chi connectivity index (χ2n) is 4.52. The molecule has 0 aliphatic carbocycles. The fraction of sp³-hybridized carbons (Fsp3) is 0.429. The summed E-state index contributed by atoms with van der Waals surface area (Å²) >= 11 is 0. The fourth-order valence-electron chi connectivity index (χ4n) is 2.14. The summed E-state index contributed by atoms with van der Waals surface area (Å²) in [6.45, 7) is 7.78. The molecule has 0 radical (unpaired) electrons. The average molecular weight is 232 g/mol. The van der Waals surface area contributed by atoms with E-state index < -0.39 is 0 Å². The second-order valence-corrected chi connectivity index (χ2v) is 4.52. The number of aromatic nitrogens is 1. The van der Waals surface area contributed by atoms with Crippen LogP contribution in [0.3, 0.4) is 0 Å². The maximum absolute atomic E-state index is 6.04. The molecule has 0 saturated heterocycles. The lowest BCUT2D eigenvalue weighted by atomic mass is 10.2. The van der Waals surface area contributed by atoms with Gasteiger partial charge in [0, 0.05) is 17.6 Å². The lowest BCUT2D eigenvalue weighted by Gasteiger charge is -2.11. The van der Waals surface area contributed by atoms with Crippen LogP contribution in [0.25, 0.3) is 10.9 Å². The molecule has 0 amide bonds. The Morgan fingerprint density at radius 3 is 2.76 bits per heavy atom. The van der Waals surface area contributed by atoms with Gasteiger partial charge in [0.25, 0.3) is 0 Å². The van der Waals surface area contributed by atoms with Crippen LogP contribution >= 0.6 is 0 Å². The largest absolute Gasteiger partial charge is 0.397 e. The number of hydrogen-bond donors (Lipinski definition) is 1. The molecule has 2 rings (SSSR count). The number of nitrogen functional groups attached to an aromatic ring is 1. The van der Waals surface area contributed by atoms with Crippen LogP contribution in [0.5, 0.6) is 0 Å². The molecule has 0 bridgehead atoms. The third-order valence-electron chi connectivity index (χ3n) is 2.92. The Balaban J connectivity index is 2.45. The van der Waals surface area contributed by atoms with Gasteiger partial charge in [-0.3, -0.25) is 0 Å². The van der Waals surface area contributed by atoms with Crippen LogP contribution in [0.4, 0.5) is 5.69 Å². The molecule has 1 aromatic heterocycles. The first kappa shape index (κ1) is 12.0. The number of benzene rings is 1. The van der Waals surface area contributed by atoms with Crippen molar-refractivity contribution in [3.05, 3.63) is 30.0 Å². The van der Waals surface area contributed by atoms with Gasteiger partial charge in [0.2, 0.25) is 0 Å². The van der Waals surface area contributed by atoms with Gasteiger partial charge in [-0.2, -0.15) is 0 Å². The van der Waals surface area contributed by atoms with Crippen molar-refractivity contribution < 1.29 is 4.74 Å². The smallest absolute Gasteiger partial charge is 0.0871 e. The molecule has 0 unspecified atom stereocenters. The maximum atomic E-state index is 6.04. The number of nitrogens with two attached hydrogens (primary N) is 1. The van der Waals surface area contributed by atoms with Gasteiger partial charge in [0.1, 0.15) is 0 Å². The second kappa shape index (κ2) is 4.80. The van der Waals surface area contributed by atoms with E-state index in [1.807, 2.05) is 26.0 Å². The molecular weight excluding hydrogens is 212 g/mol. The highest BCUT2D eigenvalue weighted by Gasteiger charge is 2.10. The van der Waals surface area contributed by atoms with Crippen molar-refractivity contribution >= 4 is 16.6 Å². The topological polar surface area (TPSA) is 40.2 Å². The van der Waals surface area contributed by atoms with Crippen molar-refractivity contribution in [3.8, 4) is 0 Å². The Hall–Kier alpha value is -1.48. The highest BCUT2D eigenvalue weighted by Crippen LogP contribution is 2.25. The van der Waals surface area contributed by atoms with Crippen LogP contribution in [0, 0.1) is 0 Å². The number of anilines is 1. The predicted octanol–water partition coefficient (Wildman–Crippen LogP) is 3.17. The third-order valence-corrected chi connectivity index (χ3v) is 2.92. The molecule has 2 aromatic rings. The molecule has 2 N–H and O–H groups in total. The molecular formula is C14H20N2O. The Morgan fingerprint density at radius 1 is 1.35 bits per heavy atom. The zero-order valence-corrected chi connectivity index (χ0v) is 10.7. The summed E-state index contributed by atoms with van der Waals surface area (Å²) in [6.07, 6.45) is 0.246. The van der Waals surface area contributed by atoms with Gasteiger partial charge in [-0.1, -0.05) is 12.1 Å². The van der Waals surface area contributed by atoms with E-state index in [-0.39, 0.29) is 6.10 Å². The van der Waals surface area contributed by atoms with Crippen molar-refractivity contribution in [2.24, 2.45) is 0 Å². The van der Waals surface area contributed by atoms with E-state index >= 15 is 0 Å². The zero-order valence-electron chi connectivity index (χ0n) is 10.7. The van der Waals surface area contributed by atoms with Gasteiger partial charge in [-0.15, -0.1) is 0 Å². The molecule has 0 spiro atoms. The monoisotopic (exact) mass is 232 g/mol. The maximum Gasteiger partial charge on any atom is 0.0871 e. The Labute approximate surface area is 102 Å². The summed E-state index contributed by atoms with van der Waals surface area (Å²) in [6, 6.07) is 8.20. The lowest BCUT2D eigenvalue weighted by Crippen LogP contribution is -2.07. The molecule has 0 atom stereocenters. The standard InChI is InChI=1S/C14H20N2O/c1-4-16-12(9-17-10(2)3)8-11-6-5-7-13(15)14(11)16/h5-8,10H,4,9,15H2,1-3H3. The number of para-hydroxylation sites is 1. The van der Waals surface area contributed by atoms with Crippen molar-refractivity contribution in [1.82, 2.24) is 4.57 Å². The summed E-state index contributed by atoms with van der Waals surface area (Å²) in [7, 11) is 0. The molecule has 0 fully saturated rings. The third kappa shape index (κ3) is 2.29. The molecule has 17 heavy (non-hydrogen) atoms. The van der Waals surface area contributed by atoms with E-state index in [2.05, 4.69) is 23.6 Å². The van der Waals surface area contributed by atoms with E-state index in [1.165, 1.54) is 11.1 Å². The van der Waals surface area contributed by atoms with Crippen LogP contribution in [0.2, 0.25) is 0 Å². The number of ether oxygens (including phenoxy) is 1. The number of hydrogen-bond acceptors (Lipinski definition) is 2. The van der Waals surface area contributed by atoms with Gasteiger partial charge in [0.15, 0.2) is 0 Å². The summed E-state index contributed by atoms with van der Waals surface area (Å²) < 4.78 is 7.91. The van der Waals surface area contributed by atoms with E-state index in [0.717, 1.165) is 17.7 Å². The molecule has 3 nitrogen and oxygen atoms in total. The van der Waals surface area contributed by atoms with Gasteiger partial charge >= 0.3 is 0 Å². The molecule has 1 aromatic carbocycles. The minimum absolute atomic E-state index is 0.246. The molecule has 3 heteroatoms. The van der Waals surface area contributed by atoms with Crippen LogP contribution in [-0.2, 0) is 17.9 Å². The van der Waals surface area contributed by atoms with Crippen LogP contribution in [0.15, 0.2) is 24.3 Å². The normalized spacial score (nSPS) is 11.5.